The molecule has 4 rings (SSSR count). The van der Waals surface area contributed by atoms with Crippen LogP contribution in [0.3, 0.4) is 0 Å². The molecule has 1 N–H and O–H groups in total. The van der Waals surface area contributed by atoms with Crippen molar-refractivity contribution < 1.29 is 23.1 Å². The van der Waals surface area contributed by atoms with E-state index in [0.29, 0.717) is 21.1 Å². The summed E-state index contributed by atoms with van der Waals surface area (Å²) in [5.74, 6) is -3.46. The first-order valence-electron chi connectivity index (χ1n) is 12.8. The van der Waals surface area contributed by atoms with E-state index in [0.717, 1.165) is 17.7 Å². The van der Waals surface area contributed by atoms with Crippen LogP contribution in [0.4, 0.5) is 8.78 Å². The quantitative estimate of drug-likeness (QED) is 0.151. The molecular formula is C31H27BrCl2F2N2O3. The van der Waals surface area contributed by atoms with E-state index < -0.39 is 40.1 Å². The van der Waals surface area contributed by atoms with E-state index in [1.54, 1.807) is 39.0 Å². The number of ether oxygens (including phenoxy) is 1. The smallest absolute Gasteiger partial charge is 0.306 e. The standard InChI is InChI=1S/C31H27BrCl2F2N2O3/c1-31(2,3)41-24(39)14-9-18(25-21(35)11-12-22(36)27(25)33)16-37-30(40)26-20-15-19(32)10-13-23(20)38-29(28(26)34)17-7-5-4-6-8-17/h4-8,10-13,15,18H,9,14,16H2,1-3H3,(H,37,40). The van der Waals surface area contributed by atoms with Crippen LogP contribution in [-0.4, -0.2) is 29.0 Å². The summed E-state index contributed by atoms with van der Waals surface area (Å²) >= 11 is 16.4. The molecule has 3 aromatic carbocycles. The van der Waals surface area contributed by atoms with Gasteiger partial charge in [0.15, 0.2) is 0 Å². The van der Waals surface area contributed by atoms with E-state index in [1.807, 2.05) is 30.3 Å². The van der Waals surface area contributed by atoms with Crippen LogP contribution in [0, 0.1) is 11.6 Å². The van der Waals surface area contributed by atoms with Gasteiger partial charge >= 0.3 is 5.97 Å². The number of fused-ring (bicyclic) bond motifs is 1. The molecule has 0 aliphatic carbocycles. The summed E-state index contributed by atoms with van der Waals surface area (Å²) in [6.07, 6.45) is -0.0605. The van der Waals surface area contributed by atoms with Gasteiger partial charge in [0.1, 0.15) is 17.2 Å². The van der Waals surface area contributed by atoms with Crippen molar-refractivity contribution in [1.29, 1.82) is 0 Å². The van der Waals surface area contributed by atoms with Crippen molar-refractivity contribution in [3.8, 4) is 11.3 Å². The topological polar surface area (TPSA) is 68.3 Å². The maximum atomic E-state index is 15.0. The van der Waals surface area contributed by atoms with Crippen LogP contribution in [0.15, 0.2) is 65.1 Å². The lowest BCUT2D eigenvalue weighted by molar-refractivity contribution is -0.155. The molecule has 214 valence electrons. The van der Waals surface area contributed by atoms with Crippen LogP contribution in [0.1, 0.15) is 55.5 Å². The summed E-state index contributed by atoms with van der Waals surface area (Å²) in [7, 11) is 0. The van der Waals surface area contributed by atoms with E-state index in [2.05, 4.69) is 21.2 Å². The fraction of sp³-hybridized carbons (Fsp3) is 0.258. The number of nitrogens with zero attached hydrogens (tertiary/aromatic N) is 1. The van der Waals surface area contributed by atoms with Crippen LogP contribution >= 0.6 is 39.1 Å². The van der Waals surface area contributed by atoms with Gasteiger partial charge in [0.2, 0.25) is 0 Å². The third-order valence-electron chi connectivity index (χ3n) is 6.28. The number of halogens is 5. The van der Waals surface area contributed by atoms with Crippen molar-refractivity contribution in [3.05, 3.63) is 97.9 Å². The lowest BCUT2D eigenvalue weighted by Gasteiger charge is -2.23. The van der Waals surface area contributed by atoms with E-state index in [4.69, 9.17) is 32.9 Å². The highest BCUT2D eigenvalue weighted by Crippen LogP contribution is 2.36. The number of esters is 1. The molecule has 0 fully saturated rings. The number of amides is 1. The lowest BCUT2D eigenvalue weighted by atomic mass is 9.93. The molecule has 1 unspecified atom stereocenters. The minimum Gasteiger partial charge on any atom is -0.460 e. The second kappa shape index (κ2) is 12.8. The zero-order valence-electron chi connectivity index (χ0n) is 22.5. The fourth-order valence-electron chi connectivity index (χ4n) is 4.48. The van der Waals surface area contributed by atoms with Crippen LogP contribution in [0.5, 0.6) is 0 Å². The molecule has 10 heteroatoms. The number of nitrogens with one attached hydrogen (secondary N) is 1. The number of carbonyl (C=O) groups excluding carboxylic acids is 2. The van der Waals surface area contributed by atoms with Crippen molar-refractivity contribution in [2.24, 2.45) is 0 Å². The molecular weight excluding hydrogens is 637 g/mol. The van der Waals surface area contributed by atoms with Gasteiger partial charge in [0.05, 0.1) is 26.8 Å². The summed E-state index contributed by atoms with van der Waals surface area (Å²) in [5.41, 5.74) is 1.02. The second-order valence-corrected chi connectivity index (χ2v) is 12.1. The SMILES string of the molecule is CC(C)(C)OC(=O)CCC(CNC(=O)c1c(Cl)c(-c2ccccc2)nc2ccc(Br)cc12)c1c(F)ccc(F)c1Cl. The Hall–Kier alpha value is -3.07. The highest BCUT2D eigenvalue weighted by Gasteiger charge is 2.27. The largest absolute Gasteiger partial charge is 0.460 e. The summed E-state index contributed by atoms with van der Waals surface area (Å²) < 4.78 is 35.4. The van der Waals surface area contributed by atoms with Gasteiger partial charge in [-0.2, -0.15) is 0 Å². The summed E-state index contributed by atoms with van der Waals surface area (Å²) in [6.45, 7) is 5.04. The normalized spacial score (nSPS) is 12.3. The average Bonchev–Trinajstić information content (AvgIpc) is 2.91. The highest BCUT2D eigenvalue weighted by atomic mass is 79.9. The van der Waals surface area contributed by atoms with E-state index in [-0.39, 0.29) is 35.5 Å². The molecule has 0 saturated carbocycles. The van der Waals surface area contributed by atoms with Gasteiger partial charge in [-0.3, -0.25) is 9.59 Å². The molecule has 4 aromatic rings. The Morgan fingerprint density at radius 2 is 1.68 bits per heavy atom. The molecule has 1 heterocycles. The van der Waals surface area contributed by atoms with Crippen LogP contribution in [-0.2, 0) is 9.53 Å². The van der Waals surface area contributed by atoms with Gasteiger partial charge in [0.25, 0.3) is 5.91 Å². The summed E-state index contributed by atoms with van der Waals surface area (Å²) in [4.78, 5) is 30.9. The molecule has 5 nitrogen and oxygen atoms in total. The Morgan fingerprint density at radius 1 is 1.00 bits per heavy atom. The molecule has 0 saturated heterocycles. The van der Waals surface area contributed by atoms with Crippen molar-refractivity contribution in [3.63, 3.8) is 0 Å². The molecule has 0 radical (unpaired) electrons. The van der Waals surface area contributed by atoms with Crippen LogP contribution in [0.25, 0.3) is 22.2 Å². The van der Waals surface area contributed by atoms with Crippen LogP contribution in [0.2, 0.25) is 10.0 Å². The first-order valence-corrected chi connectivity index (χ1v) is 14.4. The highest BCUT2D eigenvalue weighted by molar-refractivity contribution is 9.10. The Labute approximate surface area is 255 Å². The Morgan fingerprint density at radius 3 is 2.37 bits per heavy atom. The lowest BCUT2D eigenvalue weighted by Crippen LogP contribution is -2.30. The maximum Gasteiger partial charge on any atom is 0.306 e. The van der Waals surface area contributed by atoms with E-state index in [1.165, 1.54) is 0 Å². The van der Waals surface area contributed by atoms with Gasteiger partial charge in [-0.15, -0.1) is 0 Å². The van der Waals surface area contributed by atoms with E-state index >= 15 is 0 Å². The molecule has 0 aliphatic rings. The second-order valence-electron chi connectivity index (χ2n) is 10.5. The molecule has 0 bridgehead atoms. The van der Waals surface area contributed by atoms with Gasteiger partial charge < -0.3 is 10.1 Å². The minimum atomic E-state index is -0.845. The summed E-state index contributed by atoms with van der Waals surface area (Å²) in [5, 5.41) is 3.04. The Kier molecular flexibility index (Phi) is 9.67. The first kappa shape index (κ1) is 30.9. The first-order chi connectivity index (χ1) is 19.4. The zero-order valence-corrected chi connectivity index (χ0v) is 25.6. The van der Waals surface area contributed by atoms with Gasteiger partial charge in [-0.05, 0) is 57.5 Å². The third-order valence-corrected chi connectivity index (χ3v) is 7.52. The zero-order chi connectivity index (χ0) is 29.9. The molecule has 0 aliphatic heterocycles. The number of benzene rings is 3. The van der Waals surface area contributed by atoms with E-state index in [9.17, 15) is 18.4 Å². The molecule has 0 spiro atoms. The monoisotopic (exact) mass is 662 g/mol. The van der Waals surface area contributed by atoms with Gasteiger partial charge in [-0.25, -0.2) is 13.8 Å². The number of carbonyl (C=O) groups is 2. The molecule has 1 amide bonds. The summed E-state index contributed by atoms with van der Waals surface area (Å²) in [6, 6.07) is 16.4. The Balaban J connectivity index is 1.70. The molecule has 41 heavy (non-hydrogen) atoms. The number of hydrogen-bond acceptors (Lipinski definition) is 4. The molecule has 1 atom stereocenters. The van der Waals surface area contributed by atoms with Crippen molar-refractivity contribution in [1.82, 2.24) is 10.3 Å². The Bertz CT molecular complexity index is 1610. The third kappa shape index (κ3) is 7.42. The predicted octanol–water partition coefficient (Wildman–Crippen LogP) is 8.88. The van der Waals surface area contributed by atoms with Crippen LogP contribution < -0.4 is 5.32 Å². The van der Waals surface area contributed by atoms with Crippen molar-refractivity contribution in [2.75, 3.05) is 6.54 Å². The average molecular weight is 664 g/mol. The van der Waals surface area contributed by atoms with Crippen molar-refractivity contribution in [2.45, 2.75) is 45.1 Å². The number of hydrogen-bond donors (Lipinski definition) is 1. The number of rotatable bonds is 8. The number of pyridine rings is 1. The van der Waals surface area contributed by atoms with Gasteiger partial charge in [-0.1, -0.05) is 69.5 Å². The maximum absolute atomic E-state index is 15.0. The minimum absolute atomic E-state index is 0.0426. The van der Waals surface area contributed by atoms with Gasteiger partial charge in [0, 0.05) is 39.9 Å². The number of aromatic nitrogens is 1. The van der Waals surface area contributed by atoms with Crippen molar-refractivity contribution >= 4 is 61.9 Å². The predicted molar refractivity (Wildman–Crippen MR) is 161 cm³/mol. The fourth-order valence-corrected chi connectivity index (χ4v) is 5.48. The molecule has 1 aromatic heterocycles.